The van der Waals surface area contributed by atoms with E-state index in [2.05, 4.69) is 15.0 Å². The van der Waals surface area contributed by atoms with Crippen LogP contribution in [0.25, 0.3) is 23.5 Å². The number of pyridine rings is 2. The van der Waals surface area contributed by atoms with Gasteiger partial charge >= 0.3 is 0 Å². The molecule has 4 heterocycles. The molecule has 0 unspecified atom stereocenters. The molecule has 0 aliphatic carbocycles. The fourth-order valence-corrected chi connectivity index (χ4v) is 2.64. The van der Waals surface area contributed by atoms with Crippen LogP contribution in [0.2, 0.25) is 0 Å². The van der Waals surface area contributed by atoms with E-state index in [0.717, 1.165) is 17.1 Å². The third-order valence-electron chi connectivity index (χ3n) is 3.77. The number of rotatable bonds is 3. The van der Waals surface area contributed by atoms with Gasteiger partial charge in [0.05, 0.1) is 23.3 Å². The van der Waals surface area contributed by atoms with Gasteiger partial charge in [0.25, 0.3) is 5.56 Å². The largest absolute Gasteiger partial charge is 0.273 e. The minimum absolute atomic E-state index is 0.157. The number of aromatic nitrogens is 5. The summed E-state index contributed by atoms with van der Waals surface area (Å²) in [5, 5.41) is 0. The van der Waals surface area contributed by atoms with Crippen LogP contribution in [0, 0.1) is 6.92 Å². The van der Waals surface area contributed by atoms with Gasteiger partial charge in [-0.1, -0.05) is 6.07 Å². The van der Waals surface area contributed by atoms with Crippen molar-refractivity contribution in [2.45, 2.75) is 6.92 Å². The molecule has 0 aromatic carbocycles. The van der Waals surface area contributed by atoms with E-state index in [0.29, 0.717) is 11.3 Å². The van der Waals surface area contributed by atoms with Gasteiger partial charge in [0.2, 0.25) is 0 Å². The number of aryl methyl sites for hydroxylation is 1. The maximum absolute atomic E-state index is 12.6. The molecule has 4 aromatic rings. The van der Waals surface area contributed by atoms with Crippen molar-refractivity contribution in [3.63, 3.8) is 0 Å². The highest BCUT2D eigenvalue weighted by atomic mass is 16.1. The summed E-state index contributed by atoms with van der Waals surface area (Å²) in [7, 11) is 0. The molecule has 4 rings (SSSR count). The molecule has 0 bridgehead atoms. The van der Waals surface area contributed by atoms with Crippen LogP contribution in [-0.2, 0) is 0 Å². The molecule has 0 aliphatic rings. The van der Waals surface area contributed by atoms with Gasteiger partial charge in [-0.2, -0.15) is 4.52 Å². The van der Waals surface area contributed by atoms with E-state index in [1.807, 2.05) is 43.3 Å². The Morgan fingerprint density at radius 2 is 1.88 bits per heavy atom. The summed E-state index contributed by atoms with van der Waals surface area (Å²) in [5.41, 5.74) is 3.59. The SMILES string of the molecule is Cc1cccc(/C=C/c2cc(=O)n3c(ccn3-c3cccnc3)n2)n1. The van der Waals surface area contributed by atoms with E-state index in [-0.39, 0.29) is 5.56 Å². The highest BCUT2D eigenvalue weighted by molar-refractivity contribution is 5.67. The molecule has 122 valence electrons. The van der Waals surface area contributed by atoms with Crippen LogP contribution in [0.4, 0.5) is 0 Å². The Balaban J connectivity index is 1.75. The van der Waals surface area contributed by atoms with Crippen molar-refractivity contribution in [3.05, 3.63) is 88.5 Å². The van der Waals surface area contributed by atoms with Crippen molar-refractivity contribution < 1.29 is 0 Å². The van der Waals surface area contributed by atoms with Crippen LogP contribution in [0.3, 0.4) is 0 Å². The van der Waals surface area contributed by atoms with Crippen molar-refractivity contribution in [2.24, 2.45) is 0 Å². The standard InChI is InChI=1S/C19H15N5O/c1-14-4-2-5-15(21-14)7-8-16-12-19(25)24-18(22-16)9-11-23(24)17-6-3-10-20-13-17/h2-13H,1H3/b8-7+. The first-order chi connectivity index (χ1) is 12.2. The first-order valence-corrected chi connectivity index (χ1v) is 7.84. The van der Waals surface area contributed by atoms with Crippen LogP contribution in [0.1, 0.15) is 17.1 Å². The minimum Gasteiger partial charge on any atom is -0.267 e. The van der Waals surface area contributed by atoms with E-state index in [4.69, 9.17) is 0 Å². The number of hydrogen-bond donors (Lipinski definition) is 0. The zero-order chi connectivity index (χ0) is 17.2. The predicted molar refractivity (Wildman–Crippen MR) is 96.5 cm³/mol. The van der Waals surface area contributed by atoms with Gasteiger partial charge in [-0.25, -0.2) is 4.98 Å². The fraction of sp³-hybridized carbons (Fsp3) is 0.0526. The van der Waals surface area contributed by atoms with Crippen LogP contribution in [-0.4, -0.2) is 24.1 Å². The molecule has 0 radical (unpaired) electrons. The van der Waals surface area contributed by atoms with Crippen LogP contribution < -0.4 is 5.56 Å². The van der Waals surface area contributed by atoms with Gasteiger partial charge in [0, 0.05) is 30.2 Å². The summed E-state index contributed by atoms with van der Waals surface area (Å²) < 4.78 is 3.24. The molecule has 0 amide bonds. The molecule has 0 N–H and O–H groups in total. The van der Waals surface area contributed by atoms with E-state index >= 15 is 0 Å². The Kier molecular flexibility index (Phi) is 3.70. The zero-order valence-electron chi connectivity index (χ0n) is 13.6. The average molecular weight is 329 g/mol. The Morgan fingerprint density at radius 1 is 1.00 bits per heavy atom. The predicted octanol–water partition coefficient (Wildman–Crippen LogP) is 2.75. The molecule has 0 aliphatic heterocycles. The molecule has 0 fully saturated rings. The summed E-state index contributed by atoms with van der Waals surface area (Å²) in [6, 6.07) is 12.8. The van der Waals surface area contributed by atoms with Gasteiger partial charge in [0.1, 0.15) is 0 Å². The highest BCUT2D eigenvalue weighted by Crippen LogP contribution is 2.10. The molecular formula is C19H15N5O. The first-order valence-electron chi connectivity index (χ1n) is 7.84. The molecule has 25 heavy (non-hydrogen) atoms. The molecule has 6 nitrogen and oxygen atoms in total. The quantitative estimate of drug-likeness (QED) is 0.580. The second kappa shape index (κ2) is 6.16. The summed E-state index contributed by atoms with van der Waals surface area (Å²) in [5.74, 6) is 0. The number of nitrogens with zero attached hydrogens (tertiary/aromatic N) is 5. The lowest BCUT2D eigenvalue weighted by Gasteiger charge is -2.05. The monoisotopic (exact) mass is 329 g/mol. The third-order valence-corrected chi connectivity index (χ3v) is 3.77. The van der Waals surface area contributed by atoms with Gasteiger partial charge in [-0.15, -0.1) is 0 Å². The Morgan fingerprint density at radius 3 is 2.68 bits per heavy atom. The Labute approximate surface area is 143 Å². The maximum atomic E-state index is 12.6. The maximum Gasteiger partial charge on any atom is 0.273 e. The smallest absolute Gasteiger partial charge is 0.267 e. The number of fused-ring (bicyclic) bond motifs is 1. The molecule has 6 heteroatoms. The van der Waals surface area contributed by atoms with Crippen molar-refractivity contribution in [3.8, 4) is 5.69 Å². The van der Waals surface area contributed by atoms with Crippen molar-refractivity contribution in [1.82, 2.24) is 24.1 Å². The molecule has 0 spiro atoms. The zero-order valence-corrected chi connectivity index (χ0v) is 13.6. The topological polar surface area (TPSA) is 65.1 Å². The molecule has 0 saturated carbocycles. The highest BCUT2D eigenvalue weighted by Gasteiger charge is 2.07. The van der Waals surface area contributed by atoms with E-state index in [1.165, 1.54) is 10.6 Å². The third kappa shape index (κ3) is 2.97. The van der Waals surface area contributed by atoms with E-state index < -0.39 is 0 Å². The molecule has 4 aromatic heterocycles. The lowest BCUT2D eigenvalue weighted by molar-refractivity contribution is 0.760. The van der Waals surface area contributed by atoms with Crippen molar-refractivity contribution >= 4 is 17.8 Å². The Bertz CT molecular complexity index is 1130. The molecular weight excluding hydrogens is 314 g/mol. The van der Waals surface area contributed by atoms with Gasteiger partial charge in [0.15, 0.2) is 5.65 Å². The summed E-state index contributed by atoms with van der Waals surface area (Å²) in [6.07, 6.45) is 8.84. The normalized spacial score (nSPS) is 11.4. The van der Waals surface area contributed by atoms with E-state index in [9.17, 15) is 4.79 Å². The molecule has 0 atom stereocenters. The van der Waals surface area contributed by atoms with Crippen LogP contribution in [0.5, 0.6) is 0 Å². The summed E-state index contributed by atoms with van der Waals surface area (Å²) >= 11 is 0. The van der Waals surface area contributed by atoms with Gasteiger partial charge in [-0.3, -0.25) is 19.4 Å². The minimum atomic E-state index is -0.157. The summed E-state index contributed by atoms with van der Waals surface area (Å²) in [6.45, 7) is 1.94. The lowest BCUT2D eigenvalue weighted by Crippen LogP contribution is -2.20. The number of hydrogen-bond acceptors (Lipinski definition) is 4. The van der Waals surface area contributed by atoms with Crippen LogP contribution >= 0.6 is 0 Å². The van der Waals surface area contributed by atoms with Crippen molar-refractivity contribution in [1.29, 1.82) is 0 Å². The second-order valence-corrected chi connectivity index (χ2v) is 5.60. The van der Waals surface area contributed by atoms with Gasteiger partial charge in [-0.05, 0) is 43.3 Å². The fourth-order valence-electron chi connectivity index (χ4n) is 2.64. The van der Waals surface area contributed by atoms with E-state index in [1.54, 1.807) is 35.4 Å². The Hall–Kier alpha value is -3.54. The average Bonchev–Trinajstić information content (AvgIpc) is 3.05. The lowest BCUT2D eigenvalue weighted by atomic mass is 10.2. The summed E-state index contributed by atoms with van der Waals surface area (Å²) in [4.78, 5) is 25.6. The molecule has 0 saturated heterocycles. The van der Waals surface area contributed by atoms with Crippen molar-refractivity contribution in [2.75, 3.05) is 0 Å². The van der Waals surface area contributed by atoms with Gasteiger partial charge < -0.3 is 0 Å². The first kappa shape index (κ1) is 15.0. The second-order valence-electron chi connectivity index (χ2n) is 5.60. The van der Waals surface area contributed by atoms with Crippen LogP contribution in [0.15, 0.2) is 65.8 Å².